The fourth-order valence-corrected chi connectivity index (χ4v) is 1.88. The van der Waals surface area contributed by atoms with Crippen LogP contribution in [0, 0.1) is 0 Å². The maximum Gasteiger partial charge on any atom is 0.119 e. The van der Waals surface area contributed by atoms with Crippen LogP contribution in [0.2, 0.25) is 0 Å². The number of nitrogens with zero attached hydrogens (tertiary/aromatic N) is 1. The zero-order valence-corrected chi connectivity index (χ0v) is 12.5. The maximum absolute atomic E-state index is 5.63. The standard InChI is InChI=1S/C16H27NO2/c1-4-15-7-9-16(10-8-15)19-14-13-18-12-11-17(5-2)6-3/h7-10H,4-6,11-14H2,1-3H3. The Bertz CT molecular complexity index is 320. The van der Waals surface area contributed by atoms with Gasteiger partial charge < -0.3 is 14.4 Å². The molecule has 0 saturated carbocycles. The molecule has 0 spiro atoms. The third-order valence-corrected chi connectivity index (χ3v) is 3.27. The molecule has 0 amide bonds. The van der Waals surface area contributed by atoms with Crippen LogP contribution in [0.3, 0.4) is 0 Å². The summed E-state index contributed by atoms with van der Waals surface area (Å²) in [4.78, 5) is 2.35. The van der Waals surface area contributed by atoms with Crippen molar-refractivity contribution in [3.05, 3.63) is 29.8 Å². The molecule has 0 fully saturated rings. The zero-order chi connectivity index (χ0) is 13.9. The van der Waals surface area contributed by atoms with Gasteiger partial charge in [-0.15, -0.1) is 0 Å². The summed E-state index contributed by atoms with van der Waals surface area (Å²) in [7, 11) is 0. The Morgan fingerprint density at radius 2 is 1.58 bits per heavy atom. The van der Waals surface area contributed by atoms with E-state index in [0.717, 1.165) is 38.4 Å². The van der Waals surface area contributed by atoms with Gasteiger partial charge in [0.2, 0.25) is 0 Å². The summed E-state index contributed by atoms with van der Waals surface area (Å²) in [6, 6.07) is 8.26. The SMILES string of the molecule is CCc1ccc(OCCOCCN(CC)CC)cc1. The summed E-state index contributed by atoms with van der Waals surface area (Å²) >= 11 is 0. The van der Waals surface area contributed by atoms with Crippen LogP contribution < -0.4 is 4.74 Å². The average Bonchev–Trinajstić information content (AvgIpc) is 2.47. The number of hydrogen-bond acceptors (Lipinski definition) is 3. The first kappa shape index (κ1) is 16.0. The summed E-state index contributed by atoms with van der Waals surface area (Å²) in [6.07, 6.45) is 1.06. The number of rotatable bonds is 10. The average molecular weight is 265 g/mol. The predicted molar refractivity (Wildman–Crippen MR) is 79.9 cm³/mol. The Balaban J connectivity index is 2.07. The first-order valence-corrected chi connectivity index (χ1v) is 7.32. The van der Waals surface area contributed by atoms with Gasteiger partial charge in [-0.25, -0.2) is 0 Å². The van der Waals surface area contributed by atoms with E-state index in [0.29, 0.717) is 13.2 Å². The van der Waals surface area contributed by atoms with Crippen molar-refractivity contribution in [2.75, 3.05) is 39.5 Å². The van der Waals surface area contributed by atoms with Gasteiger partial charge in [-0.2, -0.15) is 0 Å². The van der Waals surface area contributed by atoms with Gasteiger partial charge in [0.15, 0.2) is 0 Å². The van der Waals surface area contributed by atoms with Gasteiger partial charge in [0.25, 0.3) is 0 Å². The van der Waals surface area contributed by atoms with E-state index in [1.807, 2.05) is 12.1 Å². The Hall–Kier alpha value is -1.06. The molecule has 0 radical (unpaired) electrons. The molecule has 3 nitrogen and oxygen atoms in total. The first-order valence-electron chi connectivity index (χ1n) is 7.32. The number of likely N-dealkylation sites (N-methyl/N-ethyl adjacent to an activating group) is 1. The van der Waals surface area contributed by atoms with Crippen LogP contribution in [-0.4, -0.2) is 44.4 Å². The summed E-state index contributed by atoms with van der Waals surface area (Å²) in [6.45, 7) is 11.7. The fourth-order valence-electron chi connectivity index (χ4n) is 1.88. The molecule has 0 bridgehead atoms. The molecule has 0 aliphatic rings. The van der Waals surface area contributed by atoms with Crippen LogP contribution in [0.4, 0.5) is 0 Å². The minimum Gasteiger partial charge on any atom is -0.491 e. The fraction of sp³-hybridized carbons (Fsp3) is 0.625. The molecule has 0 N–H and O–H groups in total. The lowest BCUT2D eigenvalue weighted by Gasteiger charge is -2.17. The maximum atomic E-state index is 5.63. The van der Waals surface area contributed by atoms with Crippen molar-refractivity contribution in [3.63, 3.8) is 0 Å². The van der Waals surface area contributed by atoms with Crippen molar-refractivity contribution >= 4 is 0 Å². The second kappa shape index (κ2) is 9.82. The molecule has 1 aromatic rings. The van der Waals surface area contributed by atoms with Crippen LogP contribution in [-0.2, 0) is 11.2 Å². The van der Waals surface area contributed by atoms with E-state index in [2.05, 4.69) is 37.8 Å². The topological polar surface area (TPSA) is 21.7 Å². The Morgan fingerprint density at radius 3 is 2.16 bits per heavy atom. The molecule has 3 heteroatoms. The van der Waals surface area contributed by atoms with Crippen molar-refractivity contribution in [1.82, 2.24) is 4.90 Å². The second-order valence-corrected chi connectivity index (χ2v) is 4.49. The largest absolute Gasteiger partial charge is 0.491 e. The number of ether oxygens (including phenoxy) is 2. The summed E-state index contributed by atoms with van der Waals surface area (Å²) in [5, 5.41) is 0. The molecule has 0 unspecified atom stereocenters. The van der Waals surface area contributed by atoms with Crippen LogP contribution in [0.25, 0.3) is 0 Å². The zero-order valence-electron chi connectivity index (χ0n) is 12.5. The van der Waals surface area contributed by atoms with Gasteiger partial charge in [0.05, 0.1) is 13.2 Å². The molecular weight excluding hydrogens is 238 g/mol. The molecule has 0 aliphatic carbocycles. The van der Waals surface area contributed by atoms with E-state index >= 15 is 0 Å². The quantitative estimate of drug-likeness (QED) is 0.607. The molecule has 0 saturated heterocycles. The third kappa shape index (κ3) is 6.60. The second-order valence-electron chi connectivity index (χ2n) is 4.49. The van der Waals surface area contributed by atoms with E-state index in [9.17, 15) is 0 Å². The van der Waals surface area contributed by atoms with Crippen molar-refractivity contribution in [2.24, 2.45) is 0 Å². The van der Waals surface area contributed by atoms with Crippen molar-refractivity contribution < 1.29 is 9.47 Å². The number of benzene rings is 1. The minimum absolute atomic E-state index is 0.615. The van der Waals surface area contributed by atoms with Crippen LogP contribution in [0.1, 0.15) is 26.3 Å². The van der Waals surface area contributed by atoms with Gasteiger partial charge in [-0.05, 0) is 37.2 Å². The van der Waals surface area contributed by atoms with Gasteiger partial charge in [-0.3, -0.25) is 0 Å². The summed E-state index contributed by atoms with van der Waals surface area (Å²) < 4.78 is 11.2. The smallest absolute Gasteiger partial charge is 0.119 e. The number of hydrogen-bond donors (Lipinski definition) is 0. The van der Waals surface area contributed by atoms with E-state index < -0.39 is 0 Å². The van der Waals surface area contributed by atoms with Crippen LogP contribution in [0.5, 0.6) is 5.75 Å². The highest BCUT2D eigenvalue weighted by Crippen LogP contribution is 2.12. The lowest BCUT2D eigenvalue weighted by atomic mass is 10.2. The predicted octanol–water partition coefficient (Wildman–Crippen LogP) is 2.99. The third-order valence-electron chi connectivity index (χ3n) is 3.27. The number of aryl methyl sites for hydroxylation is 1. The van der Waals surface area contributed by atoms with Crippen molar-refractivity contribution in [1.29, 1.82) is 0 Å². The van der Waals surface area contributed by atoms with Crippen LogP contribution >= 0.6 is 0 Å². The first-order chi connectivity index (χ1) is 9.30. The van der Waals surface area contributed by atoms with Crippen molar-refractivity contribution in [2.45, 2.75) is 27.2 Å². The van der Waals surface area contributed by atoms with E-state index in [-0.39, 0.29) is 0 Å². The Labute approximate surface area is 117 Å². The highest BCUT2D eigenvalue weighted by Gasteiger charge is 1.98. The lowest BCUT2D eigenvalue weighted by molar-refractivity contribution is 0.0819. The van der Waals surface area contributed by atoms with E-state index in [4.69, 9.17) is 9.47 Å². The molecule has 0 aromatic heterocycles. The normalized spacial score (nSPS) is 10.9. The highest BCUT2D eigenvalue weighted by molar-refractivity contribution is 5.27. The summed E-state index contributed by atoms with van der Waals surface area (Å²) in [5.41, 5.74) is 1.34. The van der Waals surface area contributed by atoms with Gasteiger partial charge >= 0.3 is 0 Å². The molecule has 0 atom stereocenters. The minimum atomic E-state index is 0.615. The molecule has 0 heterocycles. The van der Waals surface area contributed by atoms with E-state index in [1.165, 1.54) is 5.56 Å². The molecule has 108 valence electrons. The molecular formula is C16H27NO2. The Morgan fingerprint density at radius 1 is 0.895 bits per heavy atom. The summed E-state index contributed by atoms with van der Waals surface area (Å²) in [5.74, 6) is 0.921. The van der Waals surface area contributed by atoms with Gasteiger partial charge in [-0.1, -0.05) is 32.9 Å². The molecule has 1 aromatic carbocycles. The molecule has 1 rings (SSSR count). The van der Waals surface area contributed by atoms with Gasteiger partial charge in [0.1, 0.15) is 12.4 Å². The van der Waals surface area contributed by atoms with Gasteiger partial charge in [0, 0.05) is 6.54 Å². The molecule has 19 heavy (non-hydrogen) atoms. The Kier molecular flexibility index (Phi) is 8.26. The van der Waals surface area contributed by atoms with Crippen LogP contribution in [0.15, 0.2) is 24.3 Å². The molecule has 0 aliphatic heterocycles. The van der Waals surface area contributed by atoms with E-state index in [1.54, 1.807) is 0 Å². The highest BCUT2D eigenvalue weighted by atomic mass is 16.5. The monoisotopic (exact) mass is 265 g/mol. The lowest BCUT2D eigenvalue weighted by Crippen LogP contribution is -2.27. The van der Waals surface area contributed by atoms with Crippen molar-refractivity contribution in [3.8, 4) is 5.75 Å².